The van der Waals surface area contributed by atoms with E-state index < -0.39 is 15.6 Å². The van der Waals surface area contributed by atoms with E-state index in [-0.39, 0.29) is 21.4 Å². The number of nitrogens with one attached hydrogen (secondary N) is 2. The molecule has 1 aromatic heterocycles. The molecule has 0 spiro atoms. The molecule has 9 heteroatoms. The van der Waals surface area contributed by atoms with E-state index in [2.05, 4.69) is 14.9 Å². The molecule has 0 atom stereocenters. The van der Waals surface area contributed by atoms with Gasteiger partial charge >= 0.3 is 0 Å². The molecule has 0 aliphatic carbocycles. The van der Waals surface area contributed by atoms with Crippen molar-refractivity contribution in [2.24, 2.45) is 0 Å². The quantitative estimate of drug-likeness (QED) is 0.725. The Morgan fingerprint density at radius 3 is 2.58 bits per heavy atom. The van der Waals surface area contributed by atoms with E-state index in [1.165, 1.54) is 24.3 Å². The van der Waals surface area contributed by atoms with Crippen molar-refractivity contribution in [1.29, 1.82) is 0 Å². The minimum atomic E-state index is -3.84. The SMILES string of the molecule is Nc1cc(S(=O)(=O)Nc2ccc(=O)[nH]n2)ccc1Cl. The Kier molecular flexibility index (Phi) is 3.45. The third-order valence-corrected chi connectivity index (χ3v) is 3.89. The van der Waals surface area contributed by atoms with Gasteiger partial charge in [0.15, 0.2) is 5.82 Å². The number of nitrogens with zero attached hydrogens (tertiary/aromatic N) is 1. The lowest BCUT2D eigenvalue weighted by molar-refractivity contribution is 0.601. The Balaban J connectivity index is 2.34. The van der Waals surface area contributed by atoms with Crippen LogP contribution in [0.3, 0.4) is 0 Å². The van der Waals surface area contributed by atoms with Crippen LogP contribution in [0.2, 0.25) is 5.02 Å². The van der Waals surface area contributed by atoms with Gasteiger partial charge in [-0.15, -0.1) is 0 Å². The van der Waals surface area contributed by atoms with E-state index in [0.717, 1.165) is 6.07 Å². The first-order valence-electron chi connectivity index (χ1n) is 5.02. The van der Waals surface area contributed by atoms with Gasteiger partial charge in [0.05, 0.1) is 15.6 Å². The van der Waals surface area contributed by atoms with E-state index in [9.17, 15) is 13.2 Å². The predicted octanol–water partition coefficient (Wildman–Crippen LogP) is 0.806. The van der Waals surface area contributed by atoms with E-state index in [1.807, 2.05) is 0 Å². The molecule has 0 aliphatic rings. The number of nitrogen functional groups attached to an aromatic ring is 1. The summed E-state index contributed by atoms with van der Waals surface area (Å²) in [5.41, 5.74) is 5.26. The number of halogens is 1. The maximum Gasteiger partial charge on any atom is 0.264 e. The number of benzene rings is 1. The van der Waals surface area contributed by atoms with Crippen LogP contribution in [-0.4, -0.2) is 18.6 Å². The lowest BCUT2D eigenvalue weighted by Crippen LogP contribution is -2.16. The summed E-state index contributed by atoms with van der Waals surface area (Å²) in [5.74, 6) is -0.00637. The van der Waals surface area contributed by atoms with Crippen molar-refractivity contribution in [3.63, 3.8) is 0 Å². The first kappa shape index (κ1) is 13.4. The maximum atomic E-state index is 12.0. The average molecular weight is 301 g/mol. The number of aromatic amines is 1. The summed E-state index contributed by atoms with van der Waals surface area (Å²) in [6.45, 7) is 0. The monoisotopic (exact) mass is 300 g/mol. The largest absolute Gasteiger partial charge is 0.397 e. The summed E-state index contributed by atoms with van der Waals surface area (Å²) in [5, 5.41) is 5.92. The molecular weight excluding hydrogens is 292 g/mol. The second kappa shape index (κ2) is 4.90. The van der Waals surface area contributed by atoms with Gasteiger partial charge < -0.3 is 5.73 Å². The standard InChI is InChI=1S/C10H9ClN4O3S/c11-7-2-1-6(5-8(7)12)19(17,18)15-9-3-4-10(16)14-13-9/h1-5H,12H2,(H,13,15)(H,14,16). The molecule has 0 saturated carbocycles. The van der Waals surface area contributed by atoms with Crippen molar-refractivity contribution in [2.45, 2.75) is 4.90 Å². The fraction of sp³-hybridized carbons (Fsp3) is 0. The summed E-state index contributed by atoms with van der Waals surface area (Å²) in [6.07, 6.45) is 0. The molecule has 0 unspecified atom stereocenters. The van der Waals surface area contributed by atoms with Gasteiger partial charge in [0, 0.05) is 6.07 Å². The highest BCUT2D eigenvalue weighted by atomic mass is 35.5. The molecule has 1 aromatic carbocycles. The van der Waals surface area contributed by atoms with Crippen LogP contribution in [0.25, 0.3) is 0 Å². The topological polar surface area (TPSA) is 118 Å². The Hall–Kier alpha value is -2.06. The molecule has 0 radical (unpaired) electrons. The number of anilines is 2. The highest BCUT2D eigenvalue weighted by Crippen LogP contribution is 2.23. The third-order valence-electron chi connectivity index (χ3n) is 2.20. The molecule has 1 heterocycles. The fourth-order valence-corrected chi connectivity index (χ4v) is 2.44. The zero-order valence-electron chi connectivity index (χ0n) is 9.42. The van der Waals surface area contributed by atoms with E-state index >= 15 is 0 Å². The van der Waals surface area contributed by atoms with Crippen molar-refractivity contribution >= 4 is 33.1 Å². The van der Waals surface area contributed by atoms with Crippen molar-refractivity contribution in [1.82, 2.24) is 10.2 Å². The van der Waals surface area contributed by atoms with Crippen LogP contribution in [-0.2, 0) is 10.0 Å². The van der Waals surface area contributed by atoms with E-state index in [1.54, 1.807) is 0 Å². The number of hydrogen-bond donors (Lipinski definition) is 3. The number of nitrogens with two attached hydrogens (primary N) is 1. The predicted molar refractivity (Wildman–Crippen MR) is 71.5 cm³/mol. The lowest BCUT2D eigenvalue weighted by Gasteiger charge is -2.07. The molecule has 0 amide bonds. The van der Waals surface area contributed by atoms with Crippen molar-refractivity contribution in [3.05, 3.63) is 45.7 Å². The zero-order valence-corrected chi connectivity index (χ0v) is 11.0. The van der Waals surface area contributed by atoms with Crippen molar-refractivity contribution in [3.8, 4) is 0 Å². The van der Waals surface area contributed by atoms with Crippen LogP contribution in [0.15, 0.2) is 40.0 Å². The molecular formula is C10H9ClN4O3S. The minimum absolute atomic E-state index is 0.00637. The second-order valence-corrected chi connectivity index (χ2v) is 5.68. The van der Waals surface area contributed by atoms with Crippen LogP contribution >= 0.6 is 11.6 Å². The van der Waals surface area contributed by atoms with Gasteiger partial charge in [-0.25, -0.2) is 13.5 Å². The molecule has 0 bridgehead atoms. The van der Waals surface area contributed by atoms with Gasteiger partial charge in [-0.3, -0.25) is 9.52 Å². The highest BCUT2D eigenvalue weighted by Gasteiger charge is 2.16. The van der Waals surface area contributed by atoms with Crippen LogP contribution in [0, 0.1) is 0 Å². The Morgan fingerprint density at radius 1 is 1.26 bits per heavy atom. The summed E-state index contributed by atoms with van der Waals surface area (Å²) in [6, 6.07) is 6.32. The molecule has 0 aliphatic heterocycles. The summed E-state index contributed by atoms with van der Waals surface area (Å²) in [7, 11) is -3.84. The summed E-state index contributed by atoms with van der Waals surface area (Å²) in [4.78, 5) is 10.8. The molecule has 0 fully saturated rings. The minimum Gasteiger partial charge on any atom is -0.397 e. The molecule has 7 nitrogen and oxygen atoms in total. The second-order valence-electron chi connectivity index (χ2n) is 3.60. The Bertz CT molecular complexity index is 752. The third kappa shape index (κ3) is 3.04. The first-order chi connectivity index (χ1) is 8.88. The van der Waals surface area contributed by atoms with Gasteiger partial charge in [-0.2, -0.15) is 5.10 Å². The fourth-order valence-electron chi connectivity index (χ4n) is 1.29. The van der Waals surface area contributed by atoms with E-state index in [0.29, 0.717) is 0 Å². The average Bonchev–Trinajstić information content (AvgIpc) is 2.35. The Morgan fingerprint density at radius 2 is 2.00 bits per heavy atom. The molecule has 2 rings (SSSR count). The molecule has 100 valence electrons. The number of hydrogen-bond acceptors (Lipinski definition) is 5. The van der Waals surface area contributed by atoms with Gasteiger partial charge in [0.25, 0.3) is 15.6 Å². The molecule has 4 N–H and O–H groups in total. The smallest absolute Gasteiger partial charge is 0.264 e. The van der Waals surface area contributed by atoms with Gasteiger partial charge in [-0.05, 0) is 24.3 Å². The number of rotatable bonds is 3. The molecule has 0 saturated heterocycles. The molecule has 2 aromatic rings. The van der Waals surface area contributed by atoms with Crippen LogP contribution in [0.4, 0.5) is 11.5 Å². The van der Waals surface area contributed by atoms with Crippen LogP contribution in [0.5, 0.6) is 0 Å². The summed E-state index contributed by atoms with van der Waals surface area (Å²) >= 11 is 5.72. The van der Waals surface area contributed by atoms with E-state index in [4.69, 9.17) is 17.3 Å². The summed E-state index contributed by atoms with van der Waals surface area (Å²) < 4.78 is 26.2. The van der Waals surface area contributed by atoms with Gasteiger partial charge in [0.1, 0.15) is 0 Å². The van der Waals surface area contributed by atoms with Crippen molar-refractivity contribution in [2.75, 3.05) is 10.5 Å². The van der Waals surface area contributed by atoms with Gasteiger partial charge in [0.2, 0.25) is 0 Å². The Labute approximate surface area is 113 Å². The highest BCUT2D eigenvalue weighted by molar-refractivity contribution is 7.92. The molecule has 19 heavy (non-hydrogen) atoms. The maximum absolute atomic E-state index is 12.0. The van der Waals surface area contributed by atoms with Crippen molar-refractivity contribution < 1.29 is 8.42 Å². The van der Waals surface area contributed by atoms with Gasteiger partial charge in [-0.1, -0.05) is 11.6 Å². The van der Waals surface area contributed by atoms with Crippen LogP contribution in [0.1, 0.15) is 0 Å². The number of sulfonamides is 1. The van der Waals surface area contributed by atoms with Crippen LogP contribution < -0.4 is 16.0 Å². The number of H-pyrrole nitrogens is 1. The zero-order chi connectivity index (χ0) is 14.0. The normalized spacial score (nSPS) is 11.2. The first-order valence-corrected chi connectivity index (χ1v) is 6.88. The number of aromatic nitrogens is 2. The lowest BCUT2D eigenvalue weighted by atomic mass is 10.3.